The molecule has 1 N–H and O–H groups in total. The molecule has 0 aromatic heterocycles. The maximum atomic E-state index is 12.3. The average Bonchev–Trinajstić information content (AvgIpc) is 2.96. The molecule has 4 atom stereocenters. The van der Waals surface area contributed by atoms with Crippen LogP contribution in [0.3, 0.4) is 0 Å². The van der Waals surface area contributed by atoms with E-state index in [4.69, 9.17) is 34.8 Å². The molecular weight excluding hydrogens is 389 g/mol. The van der Waals surface area contributed by atoms with Gasteiger partial charge >= 0.3 is 0 Å². The molecule has 0 unspecified atom stereocenters. The quantitative estimate of drug-likeness (QED) is 0.624. The third-order valence-electron chi connectivity index (χ3n) is 5.58. The van der Waals surface area contributed by atoms with Crippen molar-refractivity contribution >= 4 is 40.7 Å². The number of nitrogens with one attached hydrogen (secondary N) is 1. The van der Waals surface area contributed by atoms with E-state index in [2.05, 4.69) is 30.4 Å². The van der Waals surface area contributed by atoms with Gasteiger partial charge in [0.1, 0.15) is 0 Å². The molecular formula is C21H18Cl3NO. The largest absolute Gasteiger partial charge is 0.355 e. The van der Waals surface area contributed by atoms with Gasteiger partial charge in [0.25, 0.3) is 0 Å². The van der Waals surface area contributed by atoms with Crippen molar-refractivity contribution in [3.8, 4) is 0 Å². The normalized spacial score (nSPS) is 27.7. The summed E-state index contributed by atoms with van der Waals surface area (Å²) >= 11 is 18.8. The number of allylic oxidation sites excluding steroid dienone is 1. The minimum absolute atomic E-state index is 0.0925. The van der Waals surface area contributed by atoms with Crippen molar-refractivity contribution in [2.24, 2.45) is 11.8 Å². The predicted octanol–water partition coefficient (Wildman–Crippen LogP) is 5.84. The first-order valence-corrected chi connectivity index (χ1v) is 9.75. The van der Waals surface area contributed by atoms with Gasteiger partial charge in [-0.3, -0.25) is 4.79 Å². The third-order valence-corrected chi connectivity index (χ3v) is 6.40. The van der Waals surface area contributed by atoms with E-state index in [-0.39, 0.29) is 29.6 Å². The third kappa shape index (κ3) is 3.05. The second-order valence-corrected chi connectivity index (χ2v) is 8.35. The van der Waals surface area contributed by atoms with Crippen molar-refractivity contribution < 1.29 is 4.79 Å². The molecule has 2 nitrogen and oxygen atoms in total. The molecule has 1 aliphatic carbocycles. The van der Waals surface area contributed by atoms with Gasteiger partial charge in [-0.15, -0.1) is 0 Å². The Morgan fingerprint density at radius 1 is 1.00 bits per heavy atom. The summed E-state index contributed by atoms with van der Waals surface area (Å²) in [5.74, 6) is 0.422. The van der Waals surface area contributed by atoms with Crippen LogP contribution in [0.5, 0.6) is 0 Å². The number of rotatable bonds is 2. The lowest BCUT2D eigenvalue weighted by Crippen LogP contribution is -2.31. The minimum Gasteiger partial charge on any atom is -0.355 e. The van der Waals surface area contributed by atoms with Crippen LogP contribution < -0.4 is 5.32 Å². The van der Waals surface area contributed by atoms with Gasteiger partial charge in [-0.1, -0.05) is 64.7 Å². The van der Waals surface area contributed by atoms with Crippen LogP contribution >= 0.6 is 34.8 Å². The van der Waals surface area contributed by atoms with Gasteiger partial charge < -0.3 is 5.32 Å². The first-order chi connectivity index (χ1) is 12.5. The van der Waals surface area contributed by atoms with E-state index in [0.717, 1.165) is 11.1 Å². The Morgan fingerprint density at radius 2 is 1.69 bits per heavy atom. The second kappa shape index (κ2) is 6.92. The van der Waals surface area contributed by atoms with Gasteiger partial charge in [-0.25, -0.2) is 0 Å². The molecule has 2 aromatic carbocycles. The lowest BCUT2D eigenvalue weighted by molar-refractivity contribution is -0.121. The number of halogens is 3. The molecule has 1 saturated heterocycles. The Bertz CT molecular complexity index is 891. The van der Waals surface area contributed by atoms with E-state index in [9.17, 15) is 4.79 Å². The van der Waals surface area contributed by atoms with E-state index in [0.29, 0.717) is 21.6 Å². The van der Waals surface area contributed by atoms with Crippen LogP contribution in [0.2, 0.25) is 15.1 Å². The maximum absolute atomic E-state index is 12.3. The van der Waals surface area contributed by atoms with Crippen molar-refractivity contribution in [1.29, 1.82) is 0 Å². The molecule has 0 radical (unpaired) electrons. The molecule has 1 heterocycles. The summed E-state index contributed by atoms with van der Waals surface area (Å²) in [6, 6.07) is 13.6. The van der Waals surface area contributed by atoms with E-state index in [1.165, 1.54) is 5.56 Å². The summed E-state index contributed by atoms with van der Waals surface area (Å²) in [6.07, 6.45) is 2.11. The van der Waals surface area contributed by atoms with Crippen molar-refractivity contribution in [3.63, 3.8) is 0 Å². The molecule has 134 valence electrons. The van der Waals surface area contributed by atoms with Crippen LogP contribution in [0, 0.1) is 11.8 Å². The summed E-state index contributed by atoms with van der Waals surface area (Å²) in [5, 5.41) is 5.01. The molecule has 2 aromatic rings. The van der Waals surface area contributed by atoms with Crippen molar-refractivity contribution in [1.82, 2.24) is 5.32 Å². The smallest absolute Gasteiger partial charge is 0.227 e. The van der Waals surface area contributed by atoms with E-state index >= 15 is 0 Å². The predicted molar refractivity (Wildman–Crippen MR) is 107 cm³/mol. The van der Waals surface area contributed by atoms with E-state index in [1.54, 1.807) is 6.07 Å². The lowest BCUT2D eigenvalue weighted by atomic mass is 9.64. The van der Waals surface area contributed by atoms with Gasteiger partial charge in [-0.05, 0) is 48.2 Å². The van der Waals surface area contributed by atoms with Crippen LogP contribution in [0.15, 0.2) is 54.1 Å². The monoisotopic (exact) mass is 405 g/mol. The van der Waals surface area contributed by atoms with Crippen LogP contribution in [-0.2, 0) is 4.79 Å². The highest BCUT2D eigenvalue weighted by molar-refractivity contribution is 6.35. The Kier molecular flexibility index (Phi) is 4.77. The fraction of sp³-hybridized carbons (Fsp3) is 0.286. The van der Waals surface area contributed by atoms with E-state index in [1.807, 2.05) is 24.3 Å². The van der Waals surface area contributed by atoms with Gasteiger partial charge in [0.15, 0.2) is 0 Å². The molecule has 5 heteroatoms. The number of hydrogen-bond donors (Lipinski definition) is 1. The fourth-order valence-corrected chi connectivity index (χ4v) is 5.09. The highest BCUT2D eigenvalue weighted by atomic mass is 35.5. The molecule has 1 aliphatic heterocycles. The molecule has 2 aliphatic rings. The first-order valence-electron chi connectivity index (χ1n) is 8.62. The first kappa shape index (κ1) is 17.9. The van der Waals surface area contributed by atoms with Gasteiger partial charge in [0.05, 0.1) is 5.92 Å². The minimum atomic E-state index is -0.0991. The van der Waals surface area contributed by atoms with Gasteiger partial charge in [-0.2, -0.15) is 0 Å². The molecule has 0 spiro atoms. The van der Waals surface area contributed by atoms with Crippen LogP contribution in [0.4, 0.5) is 0 Å². The zero-order valence-corrected chi connectivity index (χ0v) is 16.4. The summed E-state index contributed by atoms with van der Waals surface area (Å²) in [5.41, 5.74) is 3.37. The highest BCUT2D eigenvalue weighted by Gasteiger charge is 2.46. The molecule has 4 rings (SSSR count). The van der Waals surface area contributed by atoms with Gasteiger partial charge in [0, 0.05) is 33.4 Å². The Hall–Kier alpha value is -1.48. The molecule has 1 amide bonds. The number of amides is 1. The maximum Gasteiger partial charge on any atom is 0.227 e. The zero-order chi connectivity index (χ0) is 18.4. The highest BCUT2D eigenvalue weighted by Crippen LogP contribution is 2.52. The standard InChI is InChI=1S/C21H18Cl3NO/c1-11-8-16-17(10-25-21(16)26)20(12-2-4-13(22)5-3-12)19(11)15-7-6-14(23)9-18(15)24/h2-9,16-17,19-20H,10H2,1H3,(H,25,26)/t16-,17-,19-,20-/m1/s1. The van der Waals surface area contributed by atoms with Crippen LogP contribution in [0.25, 0.3) is 0 Å². The van der Waals surface area contributed by atoms with Crippen LogP contribution in [0.1, 0.15) is 29.9 Å². The summed E-state index contributed by atoms with van der Waals surface area (Å²) < 4.78 is 0. The number of hydrogen-bond acceptors (Lipinski definition) is 1. The number of carbonyl (C=O) groups is 1. The average molecular weight is 407 g/mol. The molecule has 26 heavy (non-hydrogen) atoms. The van der Waals surface area contributed by atoms with Crippen molar-refractivity contribution in [2.45, 2.75) is 18.8 Å². The summed E-state index contributed by atoms with van der Waals surface area (Å²) in [7, 11) is 0. The van der Waals surface area contributed by atoms with Crippen LogP contribution in [-0.4, -0.2) is 12.5 Å². The van der Waals surface area contributed by atoms with Crippen molar-refractivity contribution in [2.75, 3.05) is 6.54 Å². The second-order valence-electron chi connectivity index (χ2n) is 7.07. The number of fused-ring (bicyclic) bond motifs is 1. The SMILES string of the molecule is CC1=C[C@H]2C(=O)NC[C@H]2[C@@H](c2ccc(Cl)cc2)[C@H]1c1ccc(Cl)cc1Cl. The number of benzene rings is 2. The molecule has 0 bridgehead atoms. The topological polar surface area (TPSA) is 29.1 Å². The Labute approximate surface area is 168 Å². The van der Waals surface area contributed by atoms with Gasteiger partial charge in [0.2, 0.25) is 5.91 Å². The zero-order valence-electron chi connectivity index (χ0n) is 14.2. The molecule has 0 saturated carbocycles. The fourth-order valence-electron chi connectivity index (χ4n) is 4.44. The van der Waals surface area contributed by atoms with Crippen molar-refractivity contribution in [3.05, 3.63) is 80.3 Å². The molecule has 1 fully saturated rings. The summed E-state index contributed by atoms with van der Waals surface area (Å²) in [4.78, 5) is 12.3. The van der Waals surface area contributed by atoms with E-state index < -0.39 is 0 Å². The Balaban J connectivity index is 1.88. The lowest BCUT2D eigenvalue weighted by Gasteiger charge is -2.39. The number of carbonyl (C=O) groups excluding carboxylic acids is 1. The Morgan fingerprint density at radius 3 is 2.38 bits per heavy atom. The summed E-state index contributed by atoms with van der Waals surface area (Å²) in [6.45, 7) is 2.75.